The van der Waals surface area contributed by atoms with E-state index in [9.17, 15) is 58.5 Å². The monoisotopic (exact) mass is 1430 g/mol. The Morgan fingerprint density at radius 2 is 1.40 bits per heavy atom. The van der Waals surface area contributed by atoms with Crippen molar-refractivity contribution in [2.75, 3.05) is 13.2 Å². The summed E-state index contributed by atoms with van der Waals surface area (Å²) in [5.41, 5.74) is 36.3. The summed E-state index contributed by atoms with van der Waals surface area (Å²) in [7, 11) is -5.35. The van der Waals surface area contributed by atoms with Crippen LogP contribution in [0.5, 0.6) is 0 Å². The number of phosphoric ester groups is 1. The fraction of sp³-hybridized carbons (Fsp3) is 0.619. The maximum absolute atomic E-state index is 14.5. The van der Waals surface area contributed by atoms with Gasteiger partial charge in [0.1, 0.15) is 18.3 Å². The Morgan fingerprint density at radius 3 is 1.97 bits per heavy atom. The minimum Gasteiger partial charge on any atom is -0.147 e. The molecule has 7 heterocycles. The number of aliphatic hydroxyl groups excluding tert-OH is 2. The van der Waals surface area contributed by atoms with Gasteiger partial charge in [-0.05, 0) is 37.1 Å². The number of hydrogen-bond donors (Lipinski definition) is 9. The summed E-state index contributed by atoms with van der Waals surface area (Å²) in [6.45, 7) is 18.8. The van der Waals surface area contributed by atoms with Gasteiger partial charge in [0.15, 0.2) is 6.23 Å². The molecule has 32 heteroatoms. The minimum absolute atomic E-state index is 0. The van der Waals surface area contributed by atoms with Gasteiger partial charge in [0.2, 0.25) is 0 Å². The molecule has 2 aromatic rings. The van der Waals surface area contributed by atoms with Gasteiger partial charge in [-0.25, -0.2) is 4.98 Å². The molecule has 15 atom stereocenters. The number of aromatic nitrogens is 2. The van der Waals surface area contributed by atoms with Gasteiger partial charge in [0, 0.05) is 0 Å². The molecule has 15 N–H and O–H groups in total. The van der Waals surface area contributed by atoms with E-state index in [-0.39, 0.29) is 117 Å². The van der Waals surface area contributed by atoms with E-state index in [4.69, 9.17) is 63.2 Å². The zero-order valence-corrected chi connectivity index (χ0v) is 58.8. The Morgan fingerprint density at radius 1 is 0.811 bits per heavy atom. The van der Waals surface area contributed by atoms with Crippen molar-refractivity contribution in [3.63, 3.8) is 0 Å². The third-order valence-electron chi connectivity index (χ3n) is 20.8. The van der Waals surface area contributed by atoms with Crippen molar-refractivity contribution in [2.45, 2.75) is 189 Å². The van der Waals surface area contributed by atoms with E-state index in [1.807, 2.05) is 53.7 Å². The summed E-state index contributed by atoms with van der Waals surface area (Å²) >= 11 is 0.0230. The summed E-state index contributed by atoms with van der Waals surface area (Å²) in [4.78, 5) is 129. The average molecular weight is 1430 g/mol. The van der Waals surface area contributed by atoms with E-state index in [2.05, 4.69) is 15.3 Å². The van der Waals surface area contributed by atoms with Crippen molar-refractivity contribution >= 4 is 102 Å². The number of halogens is 2. The summed E-state index contributed by atoms with van der Waals surface area (Å²) in [5.74, 6) is -7.88. The van der Waals surface area contributed by atoms with Crippen molar-refractivity contribution in [3.8, 4) is 5.00 Å². The van der Waals surface area contributed by atoms with Gasteiger partial charge in [0.25, 0.3) is 7.82 Å². The van der Waals surface area contributed by atoms with E-state index < -0.39 is 143 Å². The summed E-state index contributed by atoms with van der Waals surface area (Å²) in [6.07, 6.45) is -5.38. The molecule has 6 aliphatic rings. The van der Waals surface area contributed by atoms with Gasteiger partial charge in [0.05, 0.1) is 24.0 Å². The fourth-order valence-corrected chi connectivity index (χ4v) is 18.0. The fourth-order valence-electron chi connectivity index (χ4n) is 15.7. The molecule has 2 saturated heterocycles. The Labute approximate surface area is 571 Å². The molecule has 6 aliphatic heterocycles. The number of aliphatic hydroxyl groups is 2. The van der Waals surface area contributed by atoms with Crippen LogP contribution >= 0.6 is 32.6 Å². The zero-order valence-electron chi connectivity index (χ0n) is 55.3. The first-order chi connectivity index (χ1) is 43.3. The molecule has 524 valence electrons. The van der Waals surface area contributed by atoms with Gasteiger partial charge in [-0.3, -0.25) is 4.57 Å². The van der Waals surface area contributed by atoms with E-state index in [1.165, 1.54) is 17.8 Å². The van der Waals surface area contributed by atoms with Crippen LogP contribution in [0.25, 0.3) is 11.0 Å². The summed E-state index contributed by atoms with van der Waals surface area (Å²) < 4.78 is 33.7. The number of allylic oxidation sites excluding steroid dienone is 6. The van der Waals surface area contributed by atoms with Crippen LogP contribution < -0.4 is 44.6 Å². The molecule has 2 unspecified atom stereocenters. The molecule has 7 amide bonds. The van der Waals surface area contributed by atoms with Crippen LogP contribution in [-0.2, 0) is 66.8 Å². The number of primary amides is 6. The molecule has 1 aromatic carbocycles. The van der Waals surface area contributed by atoms with Gasteiger partial charge < -0.3 is 28.9 Å². The topological polar surface area (TPSA) is 478 Å². The Bertz CT molecular complexity index is 3720. The van der Waals surface area contributed by atoms with Gasteiger partial charge >= 0.3 is 417 Å². The Hall–Kier alpha value is -6.42. The number of nitrogens with one attached hydrogen (secondary N) is 1. The second-order valence-corrected chi connectivity index (χ2v) is 29.5. The van der Waals surface area contributed by atoms with Crippen molar-refractivity contribution in [3.05, 3.63) is 63.9 Å². The molecule has 95 heavy (non-hydrogen) atoms. The third kappa shape index (κ3) is 14.7. The van der Waals surface area contributed by atoms with Crippen molar-refractivity contribution in [2.24, 2.45) is 94.7 Å². The number of aryl methyl sites for hydroxylation is 2. The minimum atomic E-state index is -5.35. The Kier molecular flexibility index (Phi) is 24.0. The average Bonchev–Trinajstić information content (AvgIpc) is 1.52. The van der Waals surface area contributed by atoms with Crippen LogP contribution in [0.1, 0.15) is 150 Å². The number of carbonyl (C=O) groups excluding carboxylic acids is 7. The molecule has 0 saturated carbocycles. The van der Waals surface area contributed by atoms with E-state index in [1.54, 1.807) is 37.7 Å². The van der Waals surface area contributed by atoms with Crippen LogP contribution in [0.15, 0.2) is 67.8 Å². The van der Waals surface area contributed by atoms with E-state index in [0.29, 0.717) is 56.4 Å². The van der Waals surface area contributed by atoms with Gasteiger partial charge in [-0.2, -0.15) is 0 Å². The molecule has 0 radical (unpaired) electrons. The summed E-state index contributed by atoms with van der Waals surface area (Å²) in [5, 5.41) is 37.9. The van der Waals surface area contributed by atoms with Crippen molar-refractivity contribution < 1.29 is 81.9 Å². The molecule has 28 nitrogen and oxygen atoms in total. The first kappa shape index (κ1) is 77.6. The van der Waals surface area contributed by atoms with Crippen molar-refractivity contribution in [1.82, 2.24) is 18.8 Å². The summed E-state index contributed by atoms with van der Waals surface area (Å²) in [6, 6.07) is 2.56. The molecule has 0 spiro atoms. The Balaban J connectivity index is 0.00000714. The standard InChI is InChI=1S/C62H90N13O14P.CN.2ClH.Co/c1-29-20-39-40(21-30(29)2)75(28-70-39)57-52(84)53(41(27-76)87-57)89-90(85,86)88-31(3)26-69-49(83)18-19-59(8)37(22-46(66)80)56-62(11)61(10,25-48(68)82)36(14-17-45(65)79)51(74-62)33(5)55-60(9,24-47(67)81)34(12-15-43(63)77)38(71-55)23-42-58(6,7)35(13-16-44(64)78)50(72-42)32(4)54(59)73-56;1-2;;;/h20-21,23,28,31,34-37,41,52-53,56-57,76,84H,12-19,22,24-27H2,1-11H3,(H15,63,64,65,66,67,68,69,71,72,73,74,77,78,79,80,81,82,83,85,86);;2*1H;/q;;;;+2/p-2/t31?,34-,35-,36-,37+,41-,52-,53-,56-,57+,59-,60+,61+,62+;;;;/m1..../s1. The molecule has 8 rings (SSSR count). The molecule has 8 bridgehead atoms. The number of aliphatic imine (C=N–C) groups is 3. The maximum atomic E-state index is 14.5. The van der Waals surface area contributed by atoms with Crippen LogP contribution in [0.4, 0.5) is 0 Å². The number of nitriles is 1. The number of amides is 7. The number of nitrogens with zero attached hydrogens (tertiary/aromatic N) is 7. The SMILES string of the molecule is C/C1=C2N=C(/C=C3N=C(/C(C)=C4/[C@@H](CCC(N)=O)[C@](C)(CC(N)=O)[C@](C)([C@@H]5N=C1[C@](C)(CCC(=O)NCC(C)OP(=O)([O-])O[C@H]1[C@@H](O)[C@@H](n6cnc7cc(C)c(C)cc76)O[C@@H]1CO)[C@H]5CC(N)=O)[N]4[Co+][C]#N)[C@@](C)(CC(N)=O)[C@@H]\3CCC(N)=O)C(C)(C)[C@@H]/2CCC(N)=O.Cl.Cl. The van der Waals surface area contributed by atoms with E-state index >= 15 is 0 Å². The van der Waals surface area contributed by atoms with Crippen LogP contribution in [-0.4, -0.2) is 131 Å². The number of hydrogen-bond acceptors (Lipinski definition) is 20. The molecule has 2 fully saturated rings. The van der Waals surface area contributed by atoms with Crippen LogP contribution in [0.2, 0.25) is 0 Å². The van der Waals surface area contributed by atoms with Crippen LogP contribution in [0, 0.1) is 69.4 Å². The number of ether oxygens (including phenoxy) is 1. The van der Waals surface area contributed by atoms with Gasteiger partial charge in [-0.1, -0.05) is 0 Å². The molecular formula is C63H90Cl2CoN14O14P. The van der Waals surface area contributed by atoms with Crippen LogP contribution in [0.3, 0.4) is 0 Å². The number of benzene rings is 1. The predicted octanol–water partition coefficient (Wildman–Crippen LogP) is 3.57. The number of fused-ring (bicyclic) bond motifs is 7. The normalized spacial score (nSPS) is 32.9. The number of phosphoric acid groups is 1. The smallest absolute Gasteiger partial charge is 0.147 e. The third-order valence-corrected chi connectivity index (χ3v) is 23.0. The predicted molar refractivity (Wildman–Crippen MR) is 350 cm³/mol. The molecular weight excluding hydrogens is 1340 g/mol. The molecule has 1 aromatic heterocycles. The number of nitrogens with two attached hydrogens (primary N) is 6. The number of rotatable bonds is 27. The quantitative estimate of drug-likeness (QED) is 0.0577. The second kappa shape index (κ2) is 29.3. The second-order valence-electron chi connectivity index (χ2n) is 27.3. The van der Waals surface area contributed by atoms with E-state index in [0.717, 1.165) is 11.1 Å². The first-order valence-corrected chi connectivity index (χ1v) is 33.5. The number of carbonyl (C=O) groups is 7. The first-order valence-electron chi connectivity index (χ1n) is 31.0. The zero-order chi connectivity index (χ0) is 69.0. The molecule has 0 aliphatic carbocycles. The van der Waals surface area contributed by atoms with Gasteiger partial charge in [-0.15, -0.1) is 24.8 Å². The van der Waals surface area contributed by atoms with Crippen molar-refractivity contribution in [1.29, 1.82) is 5.26 Å². The number of imidazole rings is 1.